The zero-order chi connectivity index (χ0) is 18.9. The second-order valence-corrected chi connectivity index (χ2v) is 6.71. The molecule has 4 nitrogen and oxygen atoms in total. The van der Waals surface area contributed by atoms with E-state index in [0.29, 0.717) is 18.4 Å². The molecule has 0 amide bonds. The van der Waals surface area contributed by atoms with E-state index in [1.54, 1.807) is 20.8 Å². The Hall–Kier alpha value is -1.78. The number of carbonyl (C=O) groups excluding carboxylic acids is 2. The number of hydrogen-bond acceptors (Lipinski definition) is 4. The molecular formula is C20H30O4. The maximum absolute atomic E-state index is 11.8. The molecule has 0 radical (unpaired) electrons. The smallest absolute Gasteiger partial charge is 0.188 e. The number of aliphatic hydroxyl groups is 2. The summed E-state index contributed by atoms with van der Waals surface area (Å²) in [5, 5.41) is 19.7. The van der Waals surface area contributed by atoms with Crippen LogP contribution in [-0.2, 0) is 9.59 Å². The second-order valence-electron chi connectivity index (χ2n) is 6.71. The normalized spacial score (nSPS) is 16.1. The summed E-state index contributed by atoms with van der Waals surface area (Å²) >= 11 is 0. The Labute approximate surface area is 145 Å². The van der Waals surface area contributed by atoms with E-state index in [-0.39, 0.29) is 18.0 Å². The van der Waals surface area contributed by atoms with Gasteiger partial charge in [-0.25, -0.2) is 0 Å². The molecule has 0 fully saturated rings. The third-order valence-electron chi connectivity index (χ3n) is 3.52. The number of ketones is 2. The van der Waals surface area contributed by atoms with Crippen LogP contribution in [0.1, 0.15) is 53.9 Å². The summed E-state index contributed by atoms with van der Waals surface area (Å²) in [5.41, 5.74) is 1.14. The van der Waals surface area contributed by atoms with E-state index >= 15 is 0 Å². The van der Waals surface area contributed by atoms with Crippen molar-refractivity contribution in [2.45, 2.75) is 65.6 Å². The maximum atomic E-state index is 11.8. The lowest BCUT2D eigenvalue weighted by molar-refractivity contribution is -0.120. The van der Waals surface area contributed by atoms with Crippen LogP contribution in [0.4, 0.5) is 0 Å². The lowest BCUT2D eigenvalue weighted by atomic mass is 9.98. The molecule has 0 aliphatic heterocycles. The number of allylic oxidation sites excluding steroid dienone is 4. The van der Waals surface area contributed by atoms with E-state index in [9.17, 15) is 19.8 Å². The standard InChI is InChI=1S/C20H30O4/c1-7-20(6,24)13-17(21)12-15(4)9-8-10-16(5)19(23)18(22)11-14(2)3/h7,10-12,19,23-24H,1,8-9,13H2,2-6H3/b15-12+,16-10+. The lowest BCUT2D eigenvalue weighted by Gasteiger charge is -2.16. The zero-order valence-corrected chi connectivity index (χ0v) is 15.4. The molecule has 2 N–H and O–H groups in total. The number of carbonyl (C=O) groups is 2. The summed E-state index contributed by atoms with van der Waals surface area (Å²) in [6.07, 6.45) is 6.26. The van der Waals surface area contributed by atoms with Crippen molar-refractivity contribution in [2.75, 3.05) is 0 Å². The van der Waals surface area contributed by atoms with E-state index in [4.69, 9.17) is 0 Å². The van der Waals surface area contributed by atoms with Gasteiger partial charge in [-0.1, -0.05) is 23.3 Å². The molecule has 0 spiro atoms. The van der Waals surface area contributed by atoms with Gasteiger partial charge in [0.1, 0.15) is 6.10 Å². The average Bonchev–Trinajstić information content (AvgIpc) is 2.44. The van der Waals surface area contributed by atoms with Crippen molar-refractivity contribution in [3.05, 3.63) is 47.6 Å². The minimum atomic E-state index is -1.19. The van der Waals surface area contributed by atoms with Crippen LogP contribution in [0.3, 0.4) is 0 Å². The first kappa shape index (κ1) is 22.2. The molecule has 0 rings (SSSR count). The molecule has 0 aromatic heterocycles. The molecule has 2 unspecified atom stereocenters. The van der Waals surface area contributed by atoms with Crippen molar-refractivity contribution in [3.63, 3.8) is 0 Å². The summed E-state index contributed by atoms with van der Waals surface area (Å²) in [7, 11) is 0. The number of hydrogen-bond donors (Lipinski definition) is 2. The van der Waals surface area contributed by atoms with Crippen LogP contribution >= 0.6 is 0 Å². The first-order chi connectivity index (χ1) is 11.0. The van der Waals surface area contributed by atoms with Crippen LogP contribution in [0.5, 0.6) is 0 Å². The first-order valence-corrected chi connectivity index (χ1v) is 8.08. The number of aliphatic hydroxyl groups excluding tert-OH is 1. The lowest BCUT2D eigenvalue weighted by Crippen LogP contribution is -2.23. The minimum Gasteiger partial charge on any atom is -0.386 e. The fraction of sp³-hybridized carbons (Fsp3) is 0.500. The van der Waals surface area contributed by atoms with Crippen LogP contribution in [0.15, 0.2) is 47.6 Å². The Balaban J connectivity index is 4.60. The van der Waals surface area contributed by atoms with Crippen molar-refractivity contribution < 1.29 is 19.8 Å². The molecule has 4 heteroatoms. The minimum absolute atomic E-state index is 0.00136. The van der Waals surface area contributed by atoms with Crippen LogP contribution in [0, 0.1) is 0 Å². The van der Waals surface area contributed by atoms with Crippen molar-refractivity contribution in [1.29, 1.82) is 0 Å². The molecule has 0 saturated carbocycles. The molecule has 0 aromatic rings. The highest BCUT2D eigenvalue weighted by Crippen LogP contribution is 2.14. The van der Waals surface area contributed by atoms with E-state index in [1.165, 1.54) is 25.2 Å². The first-order valence-electron chi connectivity index (χ1n) is 8.08. The van der Waals surface area contributed by atoms with Gasteiger partial charge < -0.3 is 10.2 Å². The van der Waals surface area contributed by atoms with Crippen LogP contribution < -0.4 is 0 Å². The highest BCUT2D eigenvalue weighted by molar-refractivity contribution is 5.95. The summed E-state index contributed by atoms with van der Waals surface area (Å²) in [5.74, 6) is -0.477. The predicted octanol–water partition coefficient (Wildman–Crippen LogP) is 3.45. The summed E-state index contributed by atoms with van der Waals surface area (Å²) in [6.45, 7) is 12.2. The van der Waals surface area contributed by atoms with Gasteiger partial charge in [0.15, 0.2) is 11.6 Å². The van der Waals surface area contributed by atoms with Crippen molar-refractivity contribution in [2.24, 2.45) is 0 Å². The van der Waals surface area contributed by atoms with E-state index in [2.05, 4.69) is 6.58 Å². The van der Waals surface area contributed by atoms with Gasteiger partial charge >= 0.3 is 0 Å². The van der Waals surface area contributed by atoms with Gasteiger partial charge in [0.05, 0.1) is 5.60 Å². The molecule has 0 saturated heterocycles. The molecule has 0 heterocycles. The molecular weight excluding hydrogens is 304 g/mol. The second kappa shape index (κ2) is 10.2. The maximum Gasteiger partial charge on any atom is 0.188 e. The van der Waals surface area contributed by atoms with E-state index in [0.717, 1.165) is 11.1 Å². The Kier molecular flexibility index (Phi) is 9.41. The summed E-state index contributed by atoms with van der Waals surface area (Å²) in [6, 6.07) is 0. The Bertz CT molecular complexity index is 558. The monoisotopic (exact) mass is 334 g/mol. The fourth-order valence-corrected chi connectivity index (χ4v) is 2.05. The number of rotatable bonds is 10. The van der Waals surface area contributed by atoms with Crippen LogP contribution in [0.25, 0.3) is 0 Å². The molecule has 134 valence electrons. The van der Waals surface area contributed by atoms with Crippen LogP contribution in [-0.4, -0.2) is 33.5 Å². The Morgan fingerprint density at radius 1 is 1.17 bits per heavy atom. The van der Waals surface area contributed by atoms with E-state index < -0.39 is 11.7 Å². The zero-order valence-electron chi connectivity index (χ0n) is 15.4. The largest absolute Gasteiger partial charge is 0.386 e. The van der Waals surface area contributed by atoms with Crippen molar-refractivity contribution >= 4 is 11.6 Å². The predicted molar refractivity (Wildman–Crippen MR) is 97.6 cm³/mol. The molecule has 0 aromatic carbocycles. The van der Waals surface area contributed by atoms with Gasteiger partial charge in [0.25, 0.3) is 0 Å². The molecule has 24 heavy (non-hydrogen) atoms. The molecule has 2 atom stereocenters. The third-order valence-corrected chi connectivity index (χ3v) is 3.52. The van der Waals surface area contributed by atoms with Gasteiger partial charge in [0.2, 0.25) is 0 Å². The van der Waals surface area contributed by atoms with Gasteiger partial charge in [-0.3, -0.25) is 9.59 Å². The quantitative estimate of drug-likeness (QED) is 0.474. The van der Waals surface area contributed by atoms with Gasteiger partial charge in [-0.2, -0.15) is 0 Å². The third kappa shape index (κ3) is 9.38. The van der Waals surface area contributed by atoms with E-state index in [1.807, 2.05) is 13.0 Å². The summed E-state index contributed by atoms with van der Waals surface area (Å²) in [4.78, 5) is 23.6. The molecule has 0 aliphatic carbocycles. The van der Waals surface area contributed by atoms with Crippen molar-refractivity contribution in [1.82, 2.24) is 0 Å². The van der Waals surface area contributed by atoms with Gasteiger partial charge in [0, 0.05) is 6.42 Å². The Morgan fingerprint density at radius 2 is 1.75 bits per heavy atom. The topological polar surface area (TPSA) is 74.6 Å². The molecule has 0 aliphatic rings. The van der Waals surface area contributed by atoms with Crippen molar-refractivity contribution in [3.8, 4) is 0 Å². The SMILES string of the molecule is C=CC(C)(O)CC(=O)/C=C(\C)CC/C=C(\C)C(O)C(=O)C=C(C)C. The highest BCUT2D eigenvalue weighted by atomic mass is 16.3. The fourth-order valence-electron chi connectivity index (χ4n) is 2.05. The van der Waals surface area contributed by atoms with Gasteiger partial charge in [-0.05, 0) is 65.2 Å². The Morgan fingerprint density at radius 3 is 2.25 bits per heavy atom. The van der Waals surface area contributed by atoms with Gasteiger partial charge in [-0.15, -0.1) is 6.58 Å². The highest BCUT2D eigenvalue weighted by Gasteiger charge is 2.19. The summed E-state index contributed by atoms with van der Waals surface area (Å²) < 4.78 is 0. The van der Waals surface area contributed by atoms with Crippen LogP contribution in [0.2, 0.25) is 0 Å². The average molecular weight is 334 g/mol. The molecule has 0 bridgehead atoms.